The summed E-state index contributed by atoms with van der Waals surface area (Å²) in [5.41, 5.74) is 0. The second-order valence-electron chi connectivity index (χ2n) is 4.36. The quantitative estimate of drug-likeness (QED) is 0.445. The van der Waals surface area contributed by atoms with Gasteiger partial charge in [0.2, 0.25) is 0 Å². The van der Waals surface area contributed by atoms with Crippen LogP contribution in [0.5, 0.6) is 0 Å². The molecule has 1 aliphatic carbocycles. The third kappa shape index (κ3) is 3.13. The normalized spacial score (nSPS) is 36.2. The van der Waals surface area contributed by atoms with Gasteiger partial charge in [-0.1, -0.05) is 46.0 Å². The van der Waals surface area contributed by atoms with E-state index < -0.39 is 0 Å². The number of hydrogen-bond acceptors (Lipinski definition) is 1. The Balaban J connectivity index is 0.00000121. The van der Waals surface area contributed by atoms with Crippen LogP contribution in [0.1, 0.15) is 40.0 Å². The van der Waals surface area contributed by atoms with Crippen LogP contribution in [0.25, 0.3) is 0 Å². The molecule has 1 nitrogen and oxygen atoms in total. The molecule has 0 heterocycles. The Morgan fingerprint density at radius 3 is 2.25 bits per heavy atom. The molecule has 12 heavy (non-hydrogen) atoms. The monoisotopic (exact) mass is 162 g/mol. The molecule has 1 rings (SSSR count). The van der Waals surface area contributed by atoms with E-state index in [-0.39, 0.29) is 25.0 Å². The Hall–Kier alpha value is 0.557. The zero-order chi connectivity index (χ0) is 8.43. The van der Waals surface area contributed by atoms with Crippen LogP contribution >= 0.6 is 0 Å². The smallest absolute Gasteiger partial charge is 0.852 e. The minimum absolute atomic E-state index is 0. The van der Waals surface area contributed by atoms with Gasteiger partial charge in [0.05, 0.1) is 0 Å². The fourth-order valence-corrected chi connectivity index (χ4v) is 2.11. The zero-order valence-corrected chi connectivity index (χ0v) is 8.84. The molecule has 0 aromatic heterocycles. The van der Waals surface area contributed by atoms with Gasteiger partial charge in [-0.3, -0.25) is 0 Å². The zero-order valence-electron chi connectivity index (χ0n) is 8.84. The van der Waals surface area contributed by atoms with Crippen LogP contribution < -0.4 is 24.0 Å². The summed E-state index contributed by atoms with van der Waals surface area (Å²) < 4.78 is 0. The van der Waals surface area contributed by atoms with Gasteiger partial charge in [-0.05, 0) is 11.8 Å². The Morgan fingerprint density at radius 2 is 1.83 bits per heavy atom. The van der Waals surface area contributed by atoms with Crippen molar-refractivity contribution in [2.75, 3.05) is 0 Å². The van der Waals surface area contributed by atoms with Crippen LogP contribution in [0.3, 0.4) is 0 Å². The first kappa shape index (κ1) is 12.6. The summed E-state index contributed by atoms with van der Waals surface area (Å²) in [5, 5.41) is 11.5. The molecule has 0 unspecified atom stereocenters. The average Bonchev–Trinajstić information content (AvgIpc) is 1.85. The predicted molar refractivity (Wildman–Crippen MR) is 45.1 cm³/mol. The molecule has 1 fully saturated rings. The molecule has 0 N–H and O–H groups in total. The van der Waals surface area contributed by atoms with E-state index in [1.165, 1.54) is 6.42 Å². The molecule has 2 heteroatoms. The van der Waals surface area contributed by atoms with E-state index in [4.69, 9.17) is 0 Å². The van der Waals surface area contributed by atoms with E-state index >= 15 is 0 Å². The van der Waals surface area contributed by atoms with Crippen LogP contribution in [0, 0.1) is 17.8 Å². The van der Waals surface area contributed by atoms with Gasteiger partial charge in [0.15, 0.2) is 0 Å². The summed E-state index contributed by atoms with van der Waals surface area (Å²) in [7, 11) is 0. The van der Waals surface area contributed by atoms with Crippen molar-refractivity contribution in [2.24, 2.45) is 17.8 Å². The van der Waals surface area contributed by atoms with Gasteiger partial charge in [0.25, 0.3) is 0 Å². The van der Waals surface area contributed by atoms with Crippen molar-refractivity contribution in [3.05, 3.63) is 0 Å². The molecule has 66 valence electrons. The van der Waals surface area contributed by atoms with E-state index in [1.54, 1.807) is 0 Å². The van der Waals surface area contributed by atoms with Crippen molar-refractivity contribution in [1.82, 2.24) is 0 Å². The first-order valence-corrected chi connectivity index (χ1v) is 4.77. The topological polar surface area (TPSA) is 23.1 Å². The summed E-state index contributed by atoms with van der Waals surface area (Å²) in [6.45, 7) is 6.54. The van der Waals surface area contributed by atoms with Gasteiger partial charge in [-0.25, -0.2) is 0 Å². The fraction of sp³-hybridized carbons (Fsp3) is 1.00. The Kier molecular flexibility index (Phi) is 5.57. The Labute approximate surface area is 88.1 Å². The van der Waals surface area contributed by atoms with Gasteiger partial charge >= 0.3 is 18.9 Å². The van der Waals surface area contributed by atoms with Gasteiger partial charge in [-0.15, -0.1) is 6.10 Å². The maximum absolute atomic E-state index is 11.5. The molecule has 0 aromatic rings. The minimum atomic E-state index is -0.279. The maximum Gasteiger partial charge on any atom is 1.00 e. The van der Waals surface area contributed by atoms with E-state index in [2.05, 4.69) is 20.8 Å². The second kappa shape index (κ2) is 5.32. The van der Waals surface area contributed by atoms with Gasteiger partial charge in [0.1, 0.15) is 0 Å². The fourth-order valence-electron chi connectivity index (χ4n) is 2.11. The summed E-state index contributed by atoms with van der Waals surface area (Å²) in [5.74, 6) is 1.71. The Morgan fingerprint density at radius 1 is 1.25 bits per heavy atom. The first-order valence-electron chi connectivity index (χ1n) is 4.77. The number of hydrogen-bond donors (Lipinski definition) is 0. The maximum atomic E-state index is 11.5. The molecule has 0 spiro atoms. The summed E-state index contributed by atoms with van der Waals surface area (Å²) in [4.78, 5) is 0. The summed E-state index contributed by atoms with van der Waals surface area (Å²) in [6, 6.07) is 0. The van der Waals surface area contributed by atoms with E-state index in [9.17, 15) is 5.11 Å². The predicted octanol–water partition coefficient (Wildman–Crippen LogP) is -1.19. The van der Waals surface area contributed by atoms with E-state index in [0.29, 0.717) is 17.8 Å². The third-order valence-corrected chi connectivity index (χ3v) is 2.96. The van der Waals surface area contributed by atoms with Crippen LogP contribution in [0.4, 0.5) is 0 Å². The Bertz CT molecular complexity index is 125. The van der Waals surface area contributed by atoms with Crippen LogP contribution in [-0.4, -0.2) is 6.10 Å². The van der Waals surface area contributed by atoms with Crippen molar-refractivity contribution in [1.29, 1.82) is 0 Å². The summed E-state index contributed by atoms with van der Waals surface area (Å²) >= 11 is 0. The largest absolute Gasteiger partial charge is 1.00 e. The summed E-state index contributed by atoms with van der Waals surface area (Å²) in [6.07, 6.45) is 3.05. The molecular formula is C10H19LiO. The third-order valence-electron chi connectivity index (χ3n) is 2.96. The van der Waals surface area contributed by atoms with Gasteiger partial charge in [-0.2, -0.15) is 0 Å². The molecule has 1 aliphatic rings. The van der Waals surface area contributed by atoms with E-state index in [0.717, 1.165) is 12.8 Å². The van der Waals surface area contributed by atoms with Crippen molar-refractivity contribution in [3.63, 3.8) is 0 Å². The van der Waals surface area contributed by atoms with E-state index in [1.807, 2.05) is 0 Å². The van der Waals surface area contributed by atoms with Crippen molar-refractivity contribution in [3.8, 4) is 0 Å². The molecule has 0 aromatic carbocycles. The van der Waals surface area contributed by atoms with Crippen molar-refractivity contribution in [2.45, 2.75) is 46.1 Å². The molecule has 0 aliphatic heterocycles. The molecule has 0 amide bonds. The van der Waals surface area contributed by atoms with Crippen molar-refractivity contribution >= 4 is 0 Å². The van der Waals surface area contributed by atoms with Crippen molar-refractivity contribution < 1.29 is 24.0 Å². The average molecular weight is 162 g/mol. The second-order valence-corrected chi connectivity index (χ2v) is 4.36. The molecule has 1 saturated carbocycles. The SMILES string of the molecule is CC(C)[C@@H]1CC[C@@H](C)C[C@H]1[O-].[Li+]. The molecule has 0 saturated heterocycles. The molecule has 3 atom stereocenters. The van der Waals surface area contributed by atoms with Gasteiger partial charge in [0, 0.05) is 0 Å². The van der Waals surface area contributed by atoms with Gasteiger partial charge < -0.3 is 5.11 Å². The molecular weight excluding hydrogens is 143 g/mol. The van der Waals surface area contributed by atoms with Crippen LogP contribution in [0.15, 0.2) is 0 Å². The minimum Gasteiger partial charge on any atom is -0.852 e. The molecule has 0 radical (unpaired) electrons. The van der Waals surface area contributed by atoms with Crippen LogP contribution in [0.2, 0.25) is 0 Å². The standard InChI is InChI=1S/C10H19O.Li/c1-7(2)9-5-4-8(3)6-10(9)11;/h7-10H,4-6H2,1-3H3;/q-1;+1/t8-,9+,10-;/m1./s1. The molecule has 0 bridgehead atoms. The van der Waals surface area contributed by atoms with Crippen LogP contribution in [-0.2, 0) is 0 Å². The number of rotatable bonds is 1. The first-order chi connectivity index (χ1) is 5.11.